The van der Waals surface area contributed by atoms with Crippen LogP contribution in [-0.2, 0) is 9.84 Å². The number of nitrogens with two attached hydrogens (primary N) is 1. The topological polar surface area (TPSA) is 90.6 Å². The molecule has 1 aromatic carbocycles. The van der Waals surface area contributed by atoms with Crippen molar-refractivity contribution in [2.75, 3.05) is 43.3 Å². The van der Waals surface area contributed by atoms with Gasteiger partial charge in [-0.15, -0.1) is 0 Å². The van der Waals surface area contributed by atoms with E-state index in [4.69, 9.17) is 15.2 Å². The van der Waals surface area contributed by atoms with Crippen LogP contribution in [0.15, 0.2) is 12.1 Å². The maximum absolute atomic E-state index is 11.4. The van der Waals surface area contributed by atoms with E-state index < -0.39 is 9.84 Å². The van der Waals surface area contributed by atoms with Crippen LogP contribution in [0.2, 0.25) is 0 Å². The molecule has 0 saturated carbocycles. The molecule has 3 N–H and O–H groups in total. The second-order valence-corrected chi connectivity index (χ2v) is 7.17. The molecule has 112 valence electrons. The van der Waals surface area contributed by atoms with E-state index in [-0.39, 0.29) is 17.4 Å². The molecule has 1 unspecified atom stereocenters. The number of nitrogen functional groups attached to an aromatic ring is 1. The van der Waals surface area contributed by atoms with E-state index in [0.717, 1.165) is 5.69 Å². The van der Waals surface area contributed by atoms with E-state index in [1.165, 1.54) is 0 Å². The number of benzene rings is 1. The van der Waals surface area contributed by atoms with E-state index in [0.29, 0.717) is 30.2 Å². The van der Waals surface area contributed by atoms with Crippen LogP contribution in [0.25, 0.3) is 0 Å². The van der Waals surface area contributed by atoms with Crippen molar-refractivity contribution in [2.45, 2.75) is 6.42 Å². The standard InChI is InChI=1S/C13H20N2O4S/c1-18-12-5-10(14)11(6-13(12)19-2)15-7-9-3-4-20(16,17)8-9/h5-6,9,15H,3-4,7-8,14H2,1-2H3. The van der Waals surface area contributed by atoms with Gasteiger partial charge in [0.1, 0.15) is 0 Å². The summed E-state index contributed by atoms with van der Waals surface area (Å²) < 4.78 is 33.2. The van der Waals surface area contributed by atoms with E-state index >= 15 is 0 Å². The highest BCUT2D eigenvalue weighted by atomic mass is 32.2. The molecule has 1 saturated heterocycles. The van der Waals surface area contributed by atoms with Crippen molar-refractivity contribution in [3.05, 3.63) is 12.1 Å². The molecule has 7 heteroatoms. The zero-order chi connectivity index (χ0) is 14.8. The molecule has 1 aliphatic heterocycles. The molecule has 0 aromatic heterocycles. The first-order chi connectivity index (χ1) is 9.45. The van der Waals surface area contributed by atoms with E-state index in [2.05, 4.69) is 5.32 Å². The first-order valence-electron chi connectivity index (χ1n) is 6.41. The van der Waals surface area contributed by atoms with Gasteiger partial charge >= 0.3 is 0 Å². The molecule has 0 aliphatic carbocycles. The number of nitrogens with one attached hydrogen (secondary N) is 1. The number of hydrogen-bond acceptors (Lipinski definition) is 6. The van der Waals surface area contributed by atoms with Gasteiger partial charge in [-0.1, -0.05) is 0 Å². The van der Waals surface area contributed by atoms with Crippen LogP contribution >= 0.6 is 0 Å². The van der Waals surface area contributed by atoms with Crippen molar-refractivity contribution in [1.29, 1.82) is 0 Å². The van der Waals surface area contributed by atoms with Crippen molar-refractivity contribution >= 4 is 21.2 Å². The third-order valence-electron chi connectivity index (χ3n) is 3.46. The van der Waals surface area contributed by atoms with Gasteiger partial charge in [-0.25, -0.2) is 8.42 Å². The molecule has 1 aromatic rings. The average Bonchev–Trinajstić information content (AvgIpc) is 2.76. The molecule has 1 atom stereocenters. The summed E-state index contributed by atoms with van der Waals surface area (Å²) in [4.78, 5) is 0. The van der Waals surface area contributed by atoms with E-state index in [1.54, 1.807) is 26.4 Å². The lowest BCUT2D eigenvalue weighted by Crippen LogP contribution is -2.16. The SMILES string of the molecule is COc1cc(N)c(NCC2CCS(=O)(=O)C2)cc1OC. The summed E-state index contributed by atoms with van der Waals surface area (Å²) in [5.74, 6) is 1.81. The number of hydrogen-bond donors (Lipinski definition) is 2. The zero-order valence-electron chi connectivity index (χ0n) is 11.7. The second kappa shape index (κ2) is 5.78. The highest BCUT2D eigenvalue weighted by molar-refractivity contribution is 7.91. The van der Waals surface area contributed by atoms with Crippen LogP contribution in [0, 0.1) is 5.92 Å². The quantitative estimate of drug-likeness (QED) is 0.792. The molecule has 0 bridgehead atoms. The van der Waals surface area contributed by atoms with Gasteiger partial charge in [-0.3, -0.25) is 0 Å². The van der Waals surface area contributed by atoms with Gasteiger partial charge in [0.15, 0.2) is 21.3 Å². The largest absolute Gasteiger partial charge is 0.493 e. The highest BCUT2D eigenvalue weighted by Crippen LogP contribution is 2.35. The molecule has 1 fully saturated rings. The summed E-state index contributed by atoms with van der Waals surface area (Å²) >= 11 is 0. The summed E-state index contributed by atoms with van der Waals surface area (Å²) in [5, 5.41) is 3.19. The van der Waals surface area contributed by atoms with Crippen molar-refractivity contribution < 1.29 is 17.9 Å². The Kier molecular flexibility index (Phi) is 4.27. The molecule has 20 heavy (non-hydrogen) atoms. The van der Waals surface area contributed by atoms with Crippen LogP contribution in [0.3, 0.4) is 0 Å². The van der Waals surface area contributed by atoms with Crippen LogP contribution in [0.5, 0.6) is 11.5 Å². The lowest BCUT2D eigenvalue weighted by molar-refractivity contribution is 0.355. The summed E-state index contributed by atoms with van der Waals surface area (Å²) in [5.41, 5.74) is 7.22. The van der Waals surface area contributed by atoms with Gasteiger partial charge in [0.05, 0.1) is 37.1 Å². The normalized spacial score (nSPS) is 20.6. The molecule has 6 nitrogen and oxygen atoms in total. The first kappa shape index (κ1) is 14.8. The molecular weight excluding hydrogens is 280 g/mol. The predicted octanol–water partition coefficient (Wildman–Crippen LogP) is 1.13. The third kappa shape index (κ3) is 3.27. The minimum Gasteiger partial charge on any atom is -0.493 e. The molecule has 2 rings (SSSR count). The Balaban J connectivity index is 2.06. The highest BCUT2D eigenvalue weighted by Gasteiger charge is 2.27. The second-order valence-electron chi connectivity index (χ2n) is 4.94. The zero-order valence-corrected chi connectivity index (χ0v) is 12.5. The Labute approximate surface area is 119 Å². The van der Waals surface area contributed by atoms with Gasteiger partial charge < -0.3 is 20.5 Å². The average molecular weight is 300 g/mol. The Bertz CT molecular complexity index is 586. The molecular formula is C13H20N2O4S. The van der Waals surface area contributed by atoms with Crippen molar-refractivity contribution in [2.24, 2.45) is 5.92 Å². The van der Waals surface area contributed by atoms with E-state index in [1.807, 2.05) is 0 Å². The summed E-state index contributed by atoms with van der Waals surface area (Å²) in [7, 11) is 0.257. The van der Waals surface area contributed by atoms with Gasteiger partial charge in [-0.05, 0) is 12.3 Å². The van der Waals surface area contributed by atoms with Crippen molar-refractivity contribution in [1.82, 2.24) is 0 Å². The van der Waals surface area contributed by atoms with E-state index in [9.17, 15) is 8.42 Å². The van der Waals surface area contributed by atoms with Crippen molar-refractivity contribution in [3.63, 3.8) is 0 Å². The van der Waals surface area contributed by atoms with Crippen LogP contribution in [0.4, 0.5) is 11.4 Å². The monoisotopic (exact) mass is 300 g/mol. The maximum Gasteiger partial charge on any atom is 0.162 e. The molecule has 1 heterocycles. The molecule has 0 radical (unpaired) electrons. The minimum atomic E-state index is -2.85. The number of ether oxygens (including phenoxy) is 2. The fourth-order valence-electron chi connectivity index (χ4n) is 2.34. The van der Waals surface area contributed by atoms with Gasteiger partial charge in [0.25, 0.3) is 0 Å². The lowest BCUT2D eigenvalue weighted by Gasteiger charge is -2.15. The van der Waals surface area contributed by atoms with Crippen LogP contribution in [0.1, 0.15) is 6.42 Å². The summed E-state index contributed by atoms with van der Waals surface area (Å²) in [6.45, 7) is 0.582. The fraction of sp³-hybridized carbons (Fsp3) is 0.538. The molecule has 0 spiro atoms. The number of rotatable bonds is 5. The Morgan fingerprint density at radius 1 is 1.30 bits per heavy atom. The number of methoxy groups -OCH3 is 2. The Morgan fingerprint density at radius 2 is 1.95 bits per heavy atom. The third-order valence-corrected chi connectivity index (χ3v) is 5.30. The van der Waals surface area contributed by atoms with Crippen molar-refractivity contribution in [3.8, 4) is 11.5 Å². The van der Waals surface area contributed by atoms with Gasteiger partial charge in [-0.2, -0.15) is 0 Å². The smallest absolute Gasteiger partial charge is 0.162 e. The Hall–Kier alpha value is -1.63. The maximum atomic E-state index is 11.4. The van der Waals surface area contributed by atoms with Crippen LogP contribution in [-0.4, -0.2) is 40.7 Å². The number of anilines is 2. The molecule has 0 amide bonds. The predicted molar refractivity (Wildman–Crippen MR) is 79.2 cm³/mol. The lowest BCUT2D eigenvalue weighted by atomic mass is 10.1. The summed E-state index contributed by atoms with van der Waals surface area (Å²) in [6.07, 6.45) is 0.697. The van der Waals surface area contributed by atoms with Gasteiger partial charge in [0, 0.05) is 18.7 Å². The minimum absolute atomic E-state index is 0.132. The first-order valence-corrected chi connectivity index (χ1v) is 8.23. The summed E-state index contributed by atoms with van der Waals surface area (Å²) in [6, 6.07) is 3.45. The van der Waals surface area contributed by atoms with Gasteiger partial charge in [0.2, 0.25) is 0 Å². The van der Waals surface area contributed by atoms with Crippen LogP contribution < -0.4 is 20.5 Å². The number of sulfone groups is 1. The Morgan fingerprint density at radius 3 is 2.50 bits per heavy atom. The fourth-order valence-corrected chi connectivity index (χ4v) is 4.20. The molecule has 1 aliphatic rings.